The van der Waals surface area contributed by atoms with Crippen molar-refractivity contribution in [1.29, 1.82) is 0 Å². The van der Waals surface area contributed by atoms with Gasteiger partial charge in [-0.3, -0.25) is 9.69 Å². The summed E-state index contributed by atoms with van der Waals surface area (Å²) in [5.41, 5.74) is 1.23. The van der Waals surface area contributed by atoms with Crippen molar-refractivity contribution in [1.82, 2.24) is 4.90 Å². The Morgan fingerprint density at radius 3 is 2.63 bits per heavy atom. The number of carbonyl (C=O) groups is 2. The molecule has 1 amide bonds. The summed E-state index contributed by atoms with van der Waals surface area (Å²) in [6, 6.07) is 13.4. The second-order valence-corrected chi connectivity index (χ2v) is 9.00. The second-order valence-electron chi connectivity index (χ2n) is 6.89. The molecule has 2 aliphatic heterocycles. The Morgan fingerprint density at radius 2 is 1.97 bits per heavy atom. The lowest BCUT2D eigenvalue weighted by molar-refractivity contribution is -0.123. The number of esters is 1. The molecule has 4 rings (SSSR count). The van der Waals surface area contributed by atoms with Crippen molar-refractivity contribution >= 4 is 57.9 Å². The van der Waals surface area contributed by atoms with Crippen molar-refractivity contribution in [2.75, 3.05) is 13.2 Å². The number of thioether (sulfide) groups is 1. The molecule has 2 aliphatic rings. The molecule has 5 nitrogen and oxygen atoms in total. The van der Waals surface area contributed by atoms with E-state index in [1.54, 1.807) is 59.5 Å². The van der Waals surface area contributed by atoms with Crippen LogP contribution < -0.4 is 4.74 Å². The van der Waals surface area contributed by atoms with Gasteiger partial charge in [-0.25, -0.2) is 4.79 Å². The summed E-state index contributed by atoms with van der Waals surface area (Å²) < 4.78 is 11.5. The van der Waals surface area contributed by atoms with Gasteiger partial charge in [0, 0.05) is 11.6 Å². The number of ether oxygens (including phenoxy) is 2. The molecule has 30 heavy (non-hydrogen) atoms. The Balaban J connectivity index is 1.40. The average molecular weight is 460 g/mol. The molecule has 0 aromatic heterocycles. The molecule has 0 saturated carbocycles. The maximum atomic E-state index is 12.7. The summed E-state index contributed by atoms with van der Waals surface area (Å²) in [7, 11) is 0. The molecule has 2 aromatic rings. The number of hydrogen-bond donors (Lipinski definition) is 0. The molecule has 154 valence electrons. The monoisotopic (exact) mass is 459 g/mol. The number of carbonyl (C=O) groups excluding carboxylic acids is 2. The maximum absolute atomic E-state index is 12.7. The fraction of sp³-hybridized carbons (Fsp3) is 0.227. The highest BCUT2D eigenvalue weighted by Crippen LogP contribution is 2.33. The van der Waals surface area contributed by atoms with Gasteiger partial charge >= 0.3 is 5.97 Å². The molecule has 2 heterocycles. The lowest BCUT2D eigenvalue weighted by Gasteiger charge is -2.18. The Hall–Kier alpha value is -2.19. The number of hydrogen-bond acceptors (Lipinski definition) is 6. The van der Waals surface area contributed by atoms with E-state index in [1.165, 1.54) is 11.8 Å². The molecule has 8 heteroatoms. The van der Waals surface area contributed by atoms with Gasteiger partial charge < -0.3 is 9.47 Å². The molecule has 0 radical (unpaired) electrons. The number of amides is 1. The molecular weight excluding hydrogens is 442 g/mol. The van der Waals surface area contributed by atoms with E-state index in [2.05, 4.69) is 0 Å². The van der Waals surface area contributed by atoms with Gasteiger partial charge in [0.2, 0.25) is 0 Å². The highest BCUT2D eigenvalue weighted by atomic mass is 35.5. The standard InChI is InChI=1S/C22H18ClNO4S2/c23-16-7-5-15(6-8-16)21(26)28-17-9-3-14(4-10-17)12-19-20(25)24(22(29)30-19)13-18-2-1-11-27-18/h3-10,12,18H,1-2,11,13H2/b19-12-/t18-/m0/s1. The van der Waals surface area contributed by atoms with Crippen LogP contribution >= 0.6 is 35.6 Å². The van der Waals surface area contributed by atoms with E-state index >= 15 is 0 Å². The topological polar surface area (TPSA) is 55.8 Å². The summed E-state index contributed by atoms with van der Waals surface area (Å²) in [5.74, 6) is -0.147. The Morgan fingerprint density at radius 1 is 1.23 bits per heavy atom. The van der Waals surface area contributed by atoms with Crippen LogP contribution in [-0.4, -0.2) is 40.4 Å². The molecule has 0 unspecified atom stereocenters. The highest BCUT2D eigenvalue weighted by Gasteiger charge is 2.34. The first-order valence-corrected chi connectivity index (χ1v) is 11.0. The molecule has 0 bridgehead atoms. The number of halogens is 1. The highest BCUT2D eigenvalue weighted by molar-refractivity contribution is 8.26. The maximum Gasteiger partial charge on any atom is 0.343 e. The number of nitrogens with zero attached hydrogens (tertiary/aromatic N) is 1. The molecule has 2 saturated heterocycles. The summed E-state index contributed by atoms with van der Waals surface area (Å²) in [4.78, 5) is 27.1. The van der Waals surface area contributed by atoms with Crippen LogP contribution in [0.15, 0.2) is 53.4 Å². The van der Waals surface area contributed by atoms with Gasteiger partial charge in [0.05, 0.1) is 23.1 Å². The summed E-state index contributed by atoms with van der Waals surface area (Å²) in [6.45, 7) is 1.24. The molecule has 2 aromatic carbocycles. The number of thiocarbonyl (C=S) groups is 1. The van der Waals surface area contributed by atoms with Crippen LogP contribution in [0.3, 0.4) is 0 Å². The van der Waals surface area contributed by atoms with Gasteiger partial charge in [0.15, 0.2) is 0 Å². The van der Waals surface area contributed by atoms with Crippen LogP contribution in [0.25, 0.3) is 6.08 Å². The minimum absolute atomic E-state index is 0.0569. The lowest BCUT2D eigenvalue weighted by Crippen LogP contribution is -2.35. The Bertz CT molecular complexity index is 999. The molecule has 1 atom stereocenters. The van der Waals surface area contributed by atoms with Crippen molar-refractivity contribution in [3.63, 3.8) is 0 Å². The van der Waals surface area contributed by atoms with Gasteiger partial charge in [0.25, 0.3) is 5.91 Å². The van der Waals surface area contributed by atoms with E-state index in [4.69, 9.17) is 33.3 Å². The zero-order valence-corrected chi connectivity index (χ0v) is 18.3. The van der Waals surface area contributed by atoms with Gasteiger partial charge in [-0.1, -0.05) is 47.7 Å². The van der Waals surface area contributed by atoms with Crippen molar-refractivity contribution in [3.8, 4) is 5.75 Å². The van der Waals surface area contributed by atoms with Crippen LogP contribution in [0.5, 0.6) is 5.75 Å². The van der Waals surface area contributed by atoms with Crippen LogP contribution in [0, 0.1) is 0 Å². The van der Waals surface area contributed by atoms with Crippen molar-refractivity contribution in [2.24, 2.45) is 0 Å². The average Bonchev–Trinajstić information content (AvgIpc) is 3.34. The zero-order valence-electron chi connectivity index (χ0n) is 15.9. The smallest absolute Gasteiger partial charge is 0.343 e. The van der Waals surface area contributed by atoms with Gasteiger partial charge in [-0.15, -0.1) is 0 Å². The predicted octanol–water partition coefficient (Wildman–Crippen LogP) is 4.94. The van der Waals surface area contributed by atoms with E-state index in [0.29, 0.717) is 32.1 Å². The van der Waals surface area contributed by atoms with Crippen LogP contribution in [-0.2, 0) is 9.53 Å². The number of rotatable bonds is 5. The largest absolute Gasteiger partial charge is 0.423 e. The first kappa shape index (κ1) is 21.1. The second kappa shape index (κ2) is 9.31. The predicted molar refractivity (Wildman–Crippen MR) is 122 cm³/mol. The minimum Gasteiger partial charge on any atom is -0.423 e. The Labute approximate surface area is 189 Å². The molecule has 0 aliphatic carbocycles. The number of benzene rings is 2. The van der Waals surface area contributed by atoms with Crippen LogP contribution in [0.2, 0.25) is 5.02 Å². The normalized spacial score (nSPS) is 20.2. The van der Waals surface area contributed by atoms with Crippen molar-refractivity contribution < 1.29 is 19.1 Å². The molecule has 0 N–H and O–H groups in total. The van der Waals surface area contributed by atoms with Crippen LogP contribution in [0.4, 0.5) is 0 Å². The first-order chi connectivity index (χ1) is 14.5. The van der Waals surface area contributed by atoms with Crippen molar-refractivity contribution in [3.05, 3.63) is 69.6 Å². The summed E-state index contributed by atoms with van der Waals surface area (Å²) >= 11 is 12.5. The molecule has 2 fully saturated rings. The minimum atomic E-state index is -0.464. The summed E-state index contributed by atoms with van der Waals surface area (Å²) in [6.07, 6.45) is 3.82. The van der Waals surface area contributed by atoms with E-state index in [-0.39, 0.29) is 12.0 Å². The fourth-order valence-corrected chi connectivity index (χ4v) is 4.59. The van der Waals surface area contributed by atoms with E-state index in [1.807, 2.05) is 0 Å². The van der Waals surface area contributed by atoms with Gasteiger partial charge in [0.1, 0.15) is 10.1 Å². The van der Waals surface area contributed by atoms with E-state index in [9.17, 15) is 9.59 Å². The third kappa shape index (κ3) is 4.92. The molecule has 0 spiro atoms. The van der Waals surface area contributed by atoms with E-state index < -0.39 is 5.97 Å². The third-order valence-corrected chi connectivity index (χ3v) is 6.38. The van der Waals surface area contributed by atoms with E-state index in [0.717, 1.165) is 25.0 Å². The zero-order chi connectivity index (χ0) is 21.1. The van der Waals surface area contributed by atoms with Gasteiger partial charge in [-0.2, -0.15) is 0 Å². The SMILES string of the molecule is O=C(Oc1ccc(/C=C2\SC(=S)N(C[C@@H]3CCCO3)C2=O)cc1)c1ccc(Cl)cc1. The Kier molecular flexibility index (Phi) is 6.53. The fourth-order valence-electron chi connectivity index (χ4n) is 3.18. The van der Waals surface area contributed by atoms with Crippen molar-refractivity contribution in [2.45, 2.75) is 18.9 Å². The first-order valence-electron chi connectivity index (χ1n) is 9.44. The summed E-state index contributed by atoms with van der Waals surface area (Å²) in [5, 5.41) is 0.553. The lowest BCUT2D eigenvalue weighted by atomic mass is 10.2. The molecular formula is C22H18ClNO4S2. The van der Waals surface area contributed by atoms with Crippen LogP contribution in [0.1, 0.15) is 28.8 Å². The van der Waals surface area contributed by atoms with Gasteiger partial charge in [-0.05, 0) is 60.9 Å². The third-order valence-electron chi connectivity index (χ3n) is 4.75. The quantitative estimate of drug-likeness (QED) is 0.273.